The third-order valence-corrected chi connectivity index (χ3v) is 7.25. The van der Waals surface area contributed by atoms with Gasteiger partial charge in [-0.25, -0.2) is 4.79 Å². The summed E-state index contributed by atoms with van der Waals surface area (Å²) in [6, 6.07) is 13.9. The first-order chi connectivity index (χ1) is 15.6. The van der Waals surface area contributed by atoms with E-state index in [4.69, 9.17) is 9.15 Å². The summed E-state index contributed by atoms with van der Waals surface area (Å²) < 4.78 is 13.0. The maximum Gasteiger partial charge on any atom is 0.336 e. The highest BCUT2D eigenvalue weighted by Crippen LogP contribution is 2.33. The number of nitrogens with zero attached hydrogens (tertiary/aromatic N) is 3. The van der Waals surface area contributed by atoms with Gasteiger partial charge in [0.2, 0.25) is 0 Å². The fraction of sp³-hybridized carbons (Fsp3) is 0.240. The van der Waals surface area contributed by atoms with E-state index in [9.17, 15) is 4.79 Å². The minimum Gasteiger partial charge on any atom is -0.497 e. The van der Waals surface area contributed by atoms with Crippen molar-refractivity contribution in [3.63, 3.8) is 0 Å². The Balaban J connectivity index is 1.45. The molecule has 0 bridgehead atoms. The number of benzene rings is 2. The molecule has 0 radical (unpaired) electrons. The second-order valence-corrected chi connectivity index (χ2v) is 9.18. The number of pyridine rings is 1. The molecule has 0 spiro atoms. The Bertz CT molecular complexity index is 1590. The van der Waals surface area contributed by atoms with Crippen molar-refractivity contribution in [1.29, 1.82) is 0 Å². The lowest BCUT2D eigenvalue weighted by atomic mass is 10.0. The van der Waals surface area contributed by atoms with Crippen molar-refractivity contribution in [3.8, 4) is 5.75 Å². The number of fused-ring (bicyclic) bond motifs is 5. The molecule has 0 aliphatic heterocycles. The number of aromatic nitrogens is 3. The number of aryl methyl sites for hydroxylation is 3. The molecular formula is C25H21N3O3S. The molecule has 6 nitrogen and oxygen atoms in total. The van der Waals surface area contributed by atoms with E-state index in [0.29, 0.717) is 11.3 Å². The van der Waals surface area contributed by atoms with E-state index in [0.717, 1.165) is 63.2 Å². The first-order valence-corrected chi connectivity index (χ1v) is 11.6. The highest BCUT2D eigenvalue weighted by molar-refractivity contribution is 7.98. The van der Waals surface area contributed by atoms with Gasteiger partial charge in [0.25, 0.3) is 0 Å². The van der Waals surface area contributed by atoms with E-state index in [2.05, 4.69) is 33.7 Å². The first-order valence-electron chi connectivity index (χ1n) is 10.6. The van der Waals surface area contributed by atoms with Gasteiger partial charge >= 0.3 is 5.63 Å². The maximum atomic E-state index is 12.2. The van der Waals surface area contributed by atoms with Crippen molar-refractivity contribution in [3.05, 3.63) is 75.1 Å². The molecule has 0 fully saturated rings. The van der Waals surface area contributed by atoms with Gasteiger partial charge in [-0.3, -0.25) is 4.40 Å². The predicted molar refractivity (Wildman–Crippen MR) is 126 cm³/mol. The van der Waals surface area contributed by atoms with Gasteiger partial charge in [0, 0.05) is 28.7 Å². The summed E-state index contributed by atoms with van der Waals surface area (Å²) in [5.41, 5.74) is 6.90. The molecule has 160 valence electrons. The predicted octanol–water partition coefficient (Wildman–Crippen LogP) is 5.09. The third-order valence-electron chi connectivity index (χ3n) is 6.27. The molecule has 6 rings (SSSR count). The average molecular weight is 444 g/mol. The van der Waals surface area contributed by atoms with Crippen LogP contribution in [0.2, 0.25) is 0 Å². The molecule has 0 amide bonds. The van der Waals surface area contributed by atoms with Crippen LogP contribution in [-0.4, -0.2) is 21.7 Å². The molecule has 1 aliphatic carbocycles. The average Bonchev–Trinajstić information content (AvgIpc) is 3.42. The molecule has 32 heavy (non-hydrogen) atoms. The Hall–Kier alpha value is -3.32. The van der Waals surface area contributed by atoms with Crippen LogP contribution >= 0.6 is 11.8 Å². The molecular weight excluding hydrogens is 422 g/mol. The number of ether oxygens (including phenoxy) is 1. The molecule has 0 atom stereocenters. The zero-order valence-corrected chi connectivity index (χ0v) is 18.7. The van der Waals surface area contributed by atoms with Crippen molar-refractivity contribution in [1.82, 2.24) is 14.6 Å². The van der Waals surface area contributed by atoms with E-state index in [1.807, 2.05) is 24.3 Å². The quantitative estimate of drug-likeness (QED) is 0.285. The summed E-state index contributed by atoms with van der Waals surface area (Å²) in [6.45, 7) is 2.07. The van der Waals surface area contributed by atoms with Gasteiger partial charge in [0.05, 0.1) is 12.6 Å². The normalized spacial score (nSPS) is 13.3. The Labute approximate surface area is 188 Å². The van der Waals surface area contributed by atoms with Crippen LogP contribution in [0, 0.1) is 6.92 Å². The molecule has 0 N–H and O–H groups in total. The smallest absolute Gasteiger partial charge is 0.336 e. The summed E-state index contributed by atoms with van der Waals surface area (Å²) in [5, 5.41) is 11.8. The van der Waals surface area contributed by atoms with Gasteiger partial charge in [-0.15, -0.1) is 10.2 Å². The summed E-state index contributed by atoms with van der Waals surface area (Å²) in [4.78, 5) is 12.2. The lowest BCUT2D eigenvalue weighted by Crippen LogP contribution is -2.01. The molecule has 7 heteroatoms. The summed E-state index contributed by atoms with van der Waals surface area (Å²) >= 11 is 1.57. The largest absolute Gasteiger partial charge is 0.497 e. The first kappa shape index (κ1) is 19.4. The van der Waals surface area contributed by atoms with Crippen molar-refractivity contribution in [2.45, 2.75) is 37.1 Å². The van der Waals surface area contributed by atoms with Crippen LogP contribution in [0.3, 0.4) is 0 Å². The van der Waals surface area contributed by atoms with Crippen LogP contribution in [0.25, 0.3) is 27.5 Å². The summed E-state index contributed by atoms with van der Waals surface area (Å²) in [5.74, 6) is 1.38. The van der Waals surface area contributed by atoms with Crippen LogP contribution in [0.1, 0.15) is 28.7 Å². The van der Waals surface area contributed by atoms with Gasteiger partial charge in [-0.1, -0.05) is 11.8 Å². The van der Waals surface area contributed by atoms with Crippen molar-refractivity contribution in [2.24, 2.45) is 0 Å². The number of hydrogen-bond donors (Lipinski definition) is 0. The van der Waals surface area contributed by atoms with E-state index in [-0.39, 0.29) is 5.63 Å². The lowest BCUT2D eigenvalue weighted by Gasteiger charge is -2.10. The van der Waals surface area contributed by atoms with Gasteiger partial charge in [0.15, 0.2) is 10.8 Å². The van der Waals surface area contributed by atoms with Gasteiger partial charge in [-0.05, 0) is 78.8 Å². The molecule has 3 heterocycles. The third kappa shape index (κ3) is 3.07. The SMILES string of the molecule is COc1ccc2c(C)cc3nnc(SCc4cc(=O)oc5cc6c(cc45)CCC6)n3c2c1. The highest BCUT2D eigenvalue weighted by atomic mass is 32.2. The van der Waals surface area contributed by atoms with Crippen LogP contribution in [0.5, 0.6) is 5.75 Å². The monoisotopic (exact) mass is 443 g/mol. The number of methoxy groups -OCH3 is 1. The van der Waals surface area contributed by atoms with Crippen LogP contribution in [0.15, 0.2) is 56.8 Å². The van der Waals surface area contributed by atoms with Gasteiger partial charge < -0.3 is 9.15 Å². The Morgan fingerprint density at radius 3 is 2.75 bits per heavy atom. The standard InChI is InChI=1S/C25H21N3O3S/c1-14-8-23-26-27-25(28(23)21-12-18(30-2)6-7-19(14)21)32-13-17-11-24(29)31-22-10-16-5-3-4-15(16)9-20(17)22/h6-12H,3-5,13H2,1-2H3. The van der Waals surface area contributed by atoms with E-state index < -0.39 is 0 Å². The number of rotatable bonds is 4. The van der Waals surface area contributed by atoms with Crippen molar-refractivity contribution < 1.29 is 9.15 Å². The molecule has 3 aromatic heterocycles. The number of hydrogen-bond acceptors (Lipinski definition) is 6. The van der Waals surface area contributed by atoms with E-state index in [1.165, 1.54) is 11.1 Å². The molecule has 2 aromatic carbocycles. The van der Waals surface area contributed by atoms with Crippen molar-refractivity contribution in [2.75, 3.05) is 7.11 Å². The fourth-order valence-electron chi connectivity index (χ4n) is 4.68. The lowest BCUT2D eigenvalue weighted by molar-refractivity contribution is 0.415. The molecule has 0 saturated carbocycles. The van der Waals surface area contributed by atoms with E-state index in [1.54, 1.807) is 24.9 Å². The minimum atomic E-state index is -0.317. The molecule has 0 unspecified atom stereocenters. The van der Waals surface area contributed by atoms with Crippen molar-refractivity contribution >= 4 is 39.3 Å². The van der Waals surface area contributed by atoms with Crippen LogP contribution in [0.4, 0.5) is 0 Å². The zero-order chi connectivity index (χ0) is 21.8. The fourth-order valence-corrected chi connectivity index (χ4v) is 5.62. The summed E-state index contributed by atoms with van der Waals surface area (Å²) in [6.07, 6.45) is 3.29. The highest BCUT2D eigenvalue weighted by Gasteiger charge is 2.17. The topological polar surface area (TPSA) is 69.6 Å². The van der Waals surface area contributed by atoms with E-state index >= 15 is 0 Å². The second-order valence-electron chi connectivity index (χ2n) is 8.24. The number of thioether (sulfide) groups is 1. The zero-order valence-electron chi connectivity index (χ0n) is 17.8. The van der Waals surface area contributed by atoms with Crippen LogP contribution in [-0.2, 0) is 18.6 Å². The van der Waals surface area contributed by atoms with Gasteiger partial charge in [-0.2, -0.15) is 0 Å². The van der Waals surface area contributed by atoms with Gasteiger partial charge in [0.1, 0.15) is 11.3 Å². The Morgan fingerprint density at radius 1 is 1.06 bits per heavy atom. The second kappa shape index (κ2) is 7.38. The Kier molecular flexibility index (Phi) is 4.47. The summed E-state index contributed by atoms with van der Waals surface area (Å²) in [7, 11) is 1.67. The Morgan fingerprint density at radius 2 is 1.91 bits per heavy atom. The van der Waals surface area contributed by atoms with Crippen LogP contribution < -0.4 is 10.4 Å². The molecule has 1 aliphatic rings. The molecule has 5 aromatic rings. The minimum absolute atomic E-state index is 0.317. The molecule has 0 saturated heterocycles. The maximum absolute atomic E-state index is 12.2.